The summed E-state index contributed by atoms with van der Waals surface area (Å²) in [6.45, 7) is 3.60. The van der Waals surface area contributed by atoms with Gasteiger partial charge in [0.15, 0.2) is 0 Å². The summed E-state index contributed by atoms with van der Waals surface area (Å²) in [5.41, 5.74) is 1.25. The van der Waals surface area contributed by atoms with Gasteiger partial charge in [-0.1, -0.05) is 0 Å². The molecule has 176 valence electrons. The van der Waals surface area contributed by atoms with E-state index < -0.39 is 0 Å². The van der Waals surface area contributed by atoms with Crippen LogP contribution in [0.3, 0.4) is 0 Å². The molecule has 2 heterocycles. The van der Waals surface area contributed by atoms with E-state index in [-0.39, 0.29) is 24.0 Å². The fraction of sp³-hybridized carbons (Fsp3) is 0.680. The average molecular weight is 444 g/mol. The second kappa shape index (κ2) is 10.7. The van der Waals surface area contributed by atoms with Crippen LogP contribution in [0.1, 0.15) is 55.8 Å². The summed E-state index contributed by atoms with van der Waals surface area (Å²) in [5, 5.41) is 3.28. The van der Waals surface area contributed by atoms with Crippen molar-refractivity contribution in [1.29, 1.82) is 0 Å². The van der Waals surface area contributed by atoms with Crippen molar-refractivity contribution in [1.82, 2.24) is 14.9 Å². The summed E-state index contributed by atoms with van der Waals surface area (Å²) in [6, 6.07) is 2.08. The van der Waals surface area contributed by atoms with Gasteiger partial charge >= 0.3 is 0 Å². The van der Waals surface area contributed by atoms with E-state index in [9.17, 15) is 4.79 Å². The lowest BCUT2D eigenvalue weighted by Gasteiger charge is -2.36. The molecule has 2 aromatic rings. The first-order valence-electron chi connectivity index (χ1n) is 11.9. The fourth-order valence-corrected chi connectivity index (χ4v) is 5.83. The van der Waals surface area contributed by atoms with Gasteiger partial charge in [0.1, 0.15) is 5.76 Å². The third kappa shape index (κ3) is 5.62. The molecule has 4 rings (SSSR count). The fourth-order valence-electron chi connectivity index (χ4n) is 5.83. The highest BCUT2D eigenvalue weighted by atomic mass is 16.5. The third-order valence-electron chi connectivity index (χ3n) is 7.49. The third-order valence-corrected chi connectivity index (χ3v) is 7.49. The topological polar surface area (TPSA) is 78.5 Å². The van der Waals surface area contributed by atoms with Gasteiger partial charge in [-0.05, 0) is 74.8 Å². The van der Waals surface area contributed by atoms with Crippen LogP contribution in [0.2, 0.25) is 0 Å². The Labute approximate surface area is 190 Å². The number of hydrogen-bond donors (Lipinski definition) is 1. The maximum absolute atomic E-state index is 13.3. The summed E-state index contributed by atoms with van der Waals surface area (Å²) < 4.78 is 18.9. The van der Waals surface area contributed by atoms with Crippen molar-refractivity contribution in [3.63, 3.8) is 0 Å². The van der Waals surface area contributed by atoms with Crippen LogP contribution in [-0.2, 0) is 20.8 Å². The number of carbonyl (C=O) groups is 1. The Balaban J connectivity index is 1.39. The number of aryl methyl sites for hydroxylation is 1. The van der Waals surface area contributed by atoms with Gasteiger partial charge in [-0.3, -0.25) is 4.79 Å². The summed E-state index contributed by atoms with van der Waals surface area (Å²) >= 11 is 0. The van der Waals surface area contributed by atoms with Gasteiger partial charge < -0.3 is 23.8 Å². The zero-order valence-corrected chi connectivity index (χ0v) is 19.5. The molecule has 0 bridgehead atoms. The van der Waals surface area contributed by atoms with Crippen LogP contribution in [-0.4, -0.2) is 48.4 Å². The SMILES string of the molecule is COC1CC(CNC(=O)C2CC(Cn3ccnc3)CC(c3ccoc3C)C2)CC(OC)C1. The predicted octanol–water partition coefficient (Wildman–Crippen LogP) is 3.93. The Morgan fingerprint density at radius 1 is 1.12 bits per heavy atom. The van der Waals surface area contributed by atoms with Crippen LogP contribution in [0, 0.1) is 24.7 Å². The average Bonchev–Trinajstić information content (AvgIpc) is 3.48. The van der Waals surface area contributed by atoms with Gasteiger partial charge in [0, 0.05) is 45.6 Å². The molecule has 5 unspecified atom stereocenters. The molecule has 32 heavy (non-hydrogen) atoms. The zero-order valence-electron chi connectivity index (χ0n) is 19.5. The number of nitrogens with one attached hydrogen (secondary N) is 1. The maximum atomic E-state index is 13.3. The van der Waals surface area contributed by atoms with Crippen LogP contribution in [0.4, 0.5) is 0 Å². The van der Waals surface area contributed by atoms with E-state index in [4.69, 9.17) is 13.9 Å². The highest BCUT2D eigenvalue weighted by Gasteiger charge is 2.35. The Morgan fingerprint density at radius 2 is 1.91 bits per heavy atom. The number of nitrogens with zero attached hydrogens (tertiary/aromatic N) is 2. The molecule has 0 saturated heterocycles. The van der Waals surface area contributed by atoms with Crippen LogP contribution < -0.4 is 5.32 Å². The van der Waals surface area contributed by atoms with Crippen molar-refractivity contribution in [2.45, 2.75) is 70.1 Å². The molecule has 2 aromatic heterocycles. The largest absolute Gasteiger partial charge is 0.469 e. The Bertz CT molecular complexity index is 837. The van der Waals surface area contributed by atoms with Crippen LogP contribution in [0.25, 0.3) is 0 Å². The maximum Gasteiger partial charge on any atom is 0.223 e. The minimum atomic E-state index is 0.0107. The highest BCUT2D eigenvalue weighted by Crippen LogP contribution is 2.41. The predicted molar refractivity (Wildman–Crippen MR) is 121 cm³/mol. The summed E-state index contributed by atoms with van der Waals surface area (Å²) in [5.74, 6) is 2.32. The van der Waals surface area contributed by atoms with Crippen molar-refractivity contribution in [3.05, 3.63) is 42.4 Å². The molecule has 2 fully saturated rings. The van der Waals surface area contributed by atoms with Gasteiger partial charge in [0.05, 0.1) is 24.8 Å². The van der Waals surface area contributed by atoms with Gasteiger partial charge in [-0.25, -0.2) is 4.98 Å². The molecule has 0 radical (unpaired) electrons. The summed E-state index contributed by atoms with van der Waals surface area (Å²) in [4.78, 5) is 17.5. The Kier molecular flexibility index (Phi) is 7.68. The van der Waals surface area contributed by atoms with Gasteiger partial charge in [-0.2, -0.15) is 0 Å². The van der Waals surface area contributed by atoms with Crippen molar-refractivity contribution >= 4 is 5.91 Å². The molecule has 1 amide bonds. The lowest BCUT2D eigenvalue weighted by Crippen LogP contribution is -2.42. The van der Waals surface area contributed by atoms with E-state index in [0.29, 0.717) is 24.3 Å². The molecule has 1 N–H and O–H groups in total. The van der Waals surface area contributed by atoms with Crippen molar-refractivity contribution in [2.75, 3.05) is 20.8 Å². The first-order chi connectivity index (χ1) is 15.6. The van der Waals surface area contributed by atoms with E-state index in [1.807, 2.05) is 25.6 Å². The number of amides is 1. The van der Waals surface area contributed by atoms with E-state index >= 15 is 0 Å². The van der Waals surface area contributed by atoms with Gasteiger partial charge in [0.2, 0.25) is 5.91 Å². The highest BCUT2D eigenvalue weighted by molar-refractivity contribution is 5.78. The molecule has 2 aliphatic rings. The Hall–Kier alpha value is -2.12. The first kappa shape index (κ1) is 23.1. The van der Waals surface area contributed by atoms with Crippen LogP contribution in [0.15, 0.2) is 35.5 Å². The van der Waals surface area contributed by atoms with Gasteiger partial charge in [-0.15, -0.1) is 0 Å². The number of imidazole rings is 1. The Morgan fingerprint density at radius 3 is 2.53 bits per heavy atom. The molecular weight excluding hydrogens is 406 g/mol. The molecule has 7 heteroatoms. The first-order valence-corrected chi connectivity index (χ1v) is 11.9. The minimum Gasteiger partial charge on any atom is -0.469 e. The van der Waals surface area contributed by atoms with Crippen LogP contribution >= 0.6 is 0 Å². The number of furan rings is 1. The molecule has 7 nitrogen and oxygen atoms in total. The number of ether oxygens (including phenoxy) is 2. The van der Waals surface area contributed by atoms with E-state index in [2.05, 4.69) is 20.9 Å². The van der Waals surface area contributed by atoms with E-state index in [1.165, 1.54) is 5.56 Å². The summed E-state index contributed by atoms with van der Waals surface area (Å²) in [7, 11) is 3.53. The van der Waals surface area contributed by atoms with Crippen molar-refractivity contribution in [3.8, 4) is 0 Å². The molecule has 0 spiro atoms. The lowest BCUT2D eigenvalue weighted by atomic mass is 9.72. The van der Waals surface area contributed by atoms with E-state index in [0.717, 1.165) is 50.8 Å². The molecule has 0 aliphatic heterocycles. The number of rotatable bonds is 8. The second-order valence-corrected chi connectivity index (χ2v) is 9.69. The summed E-state index contributed by atoms with van der Waals surface area (Å²) in [6.07, 6.45) is 13.6. The molecule has 5 atom stereocenters. The quantitative estimate of drug-likeness (QED) is 0.669. The lowest BCUT2D eigenvalue weighted by molar-refractivity contribution is -0.127. The zero-order chi connectivity index (χ0) is 22.5. The van der Waals surface area contributed by atoms with Crippen molar-refractivity contribution < 1.29 is 18.7 Å². The molecule has 2 saturated carbocycles. The normalized spacial score (nSPS) is 30.8. The molecular formula is C25H37N3O4. The van der Waals surface area contributed by atoms with Gasteiger partial charge in [0.25, 0.3) is 0 Å². The number of carbonyl (C=O) groups excluding carboxylic acids is 1. The standard InChI is InChI=1S/C25H37N3O4/c1-17-24(4-7-32-17)20-8-19(15-28-6-5-26-16-28)9-21(12-20)25(29)27-14-18-10-22(30-2)13-23(11-18)31-3/h4-7,16,18-23H,8-15H2,1-3H3,(H,27,29). The molecule has 2 aliphatic carbocycles. The van der Waals surface area contributed by atoms with Crippen molar-refractivity contribution in [2.24, 2.45) is 17.8 Å². The van der Waals surface area contributed by atoms with Crippen LogP contribution in [0.5, 0.6) is 0 Å². The number of hydrogen-bond acceptors (Lipinski definition) is 5. The van der Waals surface area contributed by atoms with E-state index in [1.54, 1.807) is 20.5 Å². The smallest absolute Gasteiger partial charge is 0.223 e. The molecule has 0 aromatic carbocycles. The number of aromatic nitrogens is 2. The minimum absolute atomic E-state index is 0.0107. The second-order valence-electron chi connectivity index (χ2n) is 9.69. The monoisotopic (exact) mass is 443 g/mol. The number of methoxy groups -OCH3 is 2.